The second-order valence-electron chi connectivity index (χ2n) is 14.1. The third-order valence-electron chi connectivity index (χ3n) is 11.0. The number of nitrogens with one attached hydrogen (secondary N) is 1. The van der Waals surface area contributed by atoms with Crippen molar-refractivity contribution in [2.75, 3.05) is 19.7 Å². The van der Waals surface area contributed by atoms with Gasteiger partial charge in [0.1, 0.15) is 29.9 Å². The second-order valence-corrected chi connectivity index (χ2v) is 15.3. The molecule has 13 nitrogen and oxygen atoms in total. The Morgan fingerprint density at radius 1 is 1.17 bits per heavy atom. The minimum atomic E-state index is -1.40. The highest BCUT2D eigenvalue weighted by molar-refractivity contribution is 9.09. The topological polar surface area (TPSA) is 156 Å². The number of carbonyl (C=O) groups is 4. The Hall–Kier alpha value is -4.40. The van der Waals surface area contributed by atoms with Crippen molar-refractivity contribution in [1.29, 1.82) is 0 Å². The summed E-state index contributed by atoms with van der Waals surface area (Å²) in [5.41, 5.74) is 0.661. The zero-order valence-corrected chi connectivity index (χ0v) is 31.6. The zero-order valence-electron chi connectivity index (χ0n) is 30.1. The normalized spacial score (nSPS) is 26.2. The van der Waals surface area contributed by atoms with E-state index in [1.54, 1.807) is 21.7 Å². The molecule has 9 atom stereocenters. The Kier molecular flexibility index (Phi) is 11.8. The van der Waals surface area contributed by atoms with Crippen LogP contribution in [-0.4, -0.2) is 102 Å². The van der Waals surface area contributed by atoms with Gasteiger partial charge in [0.05, 0.1) is 42.6 Å². The number of hydrogen-bond acceptors (Lipinski definition) is 9. The monoisotopic (exact) mass is 790 g/mol. The summed E-state index contributed by atoms with van der Waals surface area (Å²) in [6, 6.07) is 14.6. The van der Waals surface area contributed by atoms with Crippen molar-refractivity contribution in [3.63, 3.8) is 0 Å². The molecule has 0 saturated carbocycles. The van der Waals surface area contributed by atoms with Gasteiger partial charge in [0, 0.05) is 17.8 Å². The van der Waals surface area contributed by atoms with Gasteiger partial charge in [0.2, 0.25) is 17.7 Å². The summed E-state index contributed by atoms with van der Waals surface area (Å²) < 4.78 is 14.6. The van der Waals surface area contributed by atoms with E-state index in [9.17, 15) is 19.5 Å². The van der Waals surface area contributed by atoms with Gasteiger partial charge in [-0.2, -0.15) is 0 Å². The van der Waals surface area contributed by atoms with E-state index >= 15 is 4.79 Å². The average molecular weight is 792 g/mol. The molecule has 3 fully saturated rings. The lowest BCUT2D eigenvalue weighted by Crippen LogP contribution is -2.60. The van der Waals surface area contributed by atoms with Crippen molar-refractivity contribution >= 4 is 50.7 Å². The first-order chi connectivity index (χ1) is 25.6. The fourth-order valence-corrected chi connectivity index (χ4v) is 9.10. The number of para-hydroxylation sites is 1. The lowest BCUT2D eigenvalue weighted by molar-refractivity contribution is -0.161. The summed E-state index contributed by atoms with van der Waals surface area (Å²) >= 11 is 3.74. The SMILES string of the molecule is C=CCCC(=O)NC[C@@H](OC(=O)[C@H]1[C@@H]2O[C@@]3(CC2Br)[C@@H]1C(=O)N([C@@H](CO)[C@@H](C)CC)[C@@H]3C(=O)N(CC=C)Cn1nnc2ccccc21)c1ccccc1. The van der Waals surface area contributed by atoms with Gasteiger partial charge < -0.3 is 29.7 Å². The standard InChI is InChI=1S/C39H47BrN6O7/c1-5-8-18-31(48)41-21-30(25-14-10-9-11-15-25)52-38(51)32-33-36(49)46(29(22-47)24(4)7-3)35(39(33)20-26(40)34(32)53-39)37(50)44(19-6-2)23-45-28-17-13-12-16-27(28)42-43-45/h5-6,9-17,24,26,29-30,32-35,47H,1-2,7-8,18-23H2,3-4H3,(H,41,48)/t24-,26?,29-,30+,32+,33-,34+,35+,39-/m0/s1. The number of allylic oxidation sites excluding steroid dienone is 1. The predicted octanol–water partition coefficient (Wildman–Crippen LogP) is 3.93. The van der Waals surface area contributed by atoms with E-state index in [1.165, 1.54) is 4.90 Å². The second kappa shape index (κ2) is 16.3. The molecule has 3 amide bonds. The molecule has 1 spiro atoms. The Balaban J connectivity index is 1.36. The van der Waals surface area contributed by atoms with Gasteiger partial charge in [-0.25, -0.2) is 4.68 Å². The summed E-state index contributed by atoms with van der Waals surface area (Å²) in [6.45, 7) is 11.2. The van der Waals surface area contributed by atoms with Crippen molar-refractivity contribution in [3.8, 4) is 0 Å². The van der Waals surface area contributed by atoms with Crippen molar-refractivity contribution in [2.45, 2.75) is 80.9 Å². The molecular weight excluding hydrogens is 744 g/mol. The van der Waals surface area contributed by atoms with Crippen LogP contribution >= 0.6 is 15.9 Å². The molecule has 2 bridgehead atoms. The molecule has 4 heterocycles. The van der Waals surface area contributed by atoms with E-state index in [4.69, 9.17) is 9.47 Å². The third-order valence-corrected chi connectivity index (χ3v) is 11.8. The predicted molar refractivity (Wildman–Crippen MR) is 200 cm³/mol. The summed E-state index contributed by atoms with van der Waals surface area (Å²) in [4.78, 5) is 59.6. The Bertz CT molecular complexity index is 1840. The summed E-state index contributed by atoms with van der Waals surface area (Å²) in [7, 11) is 0. The number of benzene rings is 2. The molecule has 1 unspecified atom stereocenters. The summed E-state index contributed by atoms with van der Waals surface area (Å²) in [5, 5.41) is 22.2. The molecule has 2 aromatic carbocycles. The Morgan fingerprint density at radius 2 is 1.91 bits per heavy atom. The summed E-state index contributed by atoms with van der Waals surface area (Å²) in [5.74, 6) is -4.04. The number of amides is 3. The van der Waals surface area contributed by atoms with Gasteiger partial charge in [0.25, 0.3) is 0 Å². The van der Waals surface area contributed by atoms with Crippen LogP contribution in [0.15, 0.2) is 79.9 Å². The molecule has 3 saturated heterocycles. The number of aromatic nitrogens is 3. The molecule has 0 radical (unpaired) electrons. The molecule has 2 N–H and O–H groups in total. The van der Waals surface area contributed by atoms with Crippen LogP contribution in [0.5, 0.6) is 0 Å². The number of hydrogen-bond donors (Lipinski definition) is 2. The molecule has 3 aliphatic heterocycles. The number of rotatable bonds is 17. The Morgan fingerprint density at radius 3 is 2.60 bits per heavy atom. The van der Waals surface area contributed by atoms with Crippen LogP contribution in [0.25, 0.3) is 11.0 Å². The van der Waals surface area contributed by atoms with Crippen LogP contribution < -0.4 is 5.32 Å². The fraction of sp³-hybridized carbons (Fsp3) is 0.487. The van der Waals surface area contributed by atoms with E-state index in [2.05, 4.69) is 44.7 Å². The van der Waals surface area contributed by atoms with Crippen LogP contribution in [0.3, 0.4) is 0 Å². The average Bonchev–Trinajstić information content (AvgIpc) is 3.89. The van der Waals surface area contributed by atoms with Gasteiger partial charge in [0.15, 0.2) is 0 Å². The zero-order chi connectivity index (χ0) is 37.9. The molecule has 53 heavy (non-hydrogen) atoms. The third kappa shape index (κ3) is 7.16. The van der Waals surface area contributed by atoms with Crippen LogP contribution in [0.2, 0.25) is 0 Å². The minimum Gasteiger partial charge on any atom is -0.455 e. The van der Waals surface area contributed by atoms with Gasteiger partial charge in [-0.1, -0.05) is 96.0 Å². The van der Waals surface area contributed by atoms with Crippen LogP contribution in [0, 0.1) is 17.8 Å². The van der Waals surface area contributed by atoms with Crippen molar-refractivity contribution in [2.24, 2.45) is 17.8 Å². The molecule has 0 aliphatic carbocycles. The van der Waals surface area contributed by atoms with Crippen molar-refractivity contribution in [1.82, 2.24) is 30.1 Å². The van der Waals surface area contributed by atoms with E-state index in [-0.39, 0.29) is 55.9 Å². The number of likely N-dealkylation sites (tertiary alicyclic amines) is 1. The molecule has 3 aromatic rings. The molecule has 282 valence electrons. The van der Waals surface area contributed by atoms with Gasteiger partial charge in [-0.15, -0.1) is 18.3 Å². The first-order valence-electron chi connectivity index (χ1n) is 18.2. The lowest BCUT2D eigenvalue weighted by atomic mass is 9.70. The van der Waals surface area contributed by atoms with Crippen molar-refractivity contribution < 1.29 is 33.8 Å². The first-order valence-corrected chi connectivity index (χ1v) is 19.1. The largest absolute Gasteiger partial charge is 0.455 e. The number of aliphatic hydroxyl groups is 1. The number of nitrogens with zero attached hydrogens (tertiary/aromatic N) is 5. The highest BCUT2D eigenvalue weighted by Gasteiger charge is 2.77. The van der Waals surface area contributed by atoms with E-state index in [1.807, 2.05) is 68.4 Å². The minimum absolute atomic E-state index is 0.0156. The van der Waals surface area contributed by atoms with Crippen molar-refractivity contribution in [3.05, 3.63) is 85.5 Å². The van der Waals surface area contributed by atoms with E-state index in [0.717, 1.165) is 5.52 Å². The number of halogens is 1. The van der Waals surface area contributed by atoms with E-state index in [0.29, 0.717) is 23.9 Å². The highest BCUT2D eigenvalue weighted by atomic mass is 79.9. The molecular formula is C39H47BrN6O7. The Labute approximate surface area is 317 Å². The maximum Gasteiger partial charge on any atom is 0.313 e. The fourth-order valence-electron chi connectivity index (χ4n) is 8.16. The van der Waals surface area contributed by atoms with Gasteiger partial charge in [-0.05, 0) is 36.5 Å². The maximum absolute atomic E-state index is 15.1. The molecule has 6 rings (SSSR count). The van der Waals surface area contributed by atoms with Gasteiger partial charge in [-0.3, -0.25) is 19.2 Å². The number of aliphatic hydroxyl groups excluding tert-OH is 1. The molecule has 1 aromatic heterocycles. The molecule has 14 heteroatoms. The highest BCUT2D eigenvalue weighted by Crippen LogP contribution is 2.61. The molecule has 3 aliphatic rings. The lowest BCUT2D eigenvalue weighted by Gasteiger charge is -2.40. The van der Waals surface area contributed by atoms with Crippen LogP contribution in [0.1, 0.15) is 51.2 Å². The van der Waals surface area contributed by atoms with Crippen LogP contribution in [0.4, 0.5) is 0 Å². The van der Waals surface area contributed by atoms with Crippen LogP contribution in [-0.2, 0) is 35.3 Å². The summed E-state index contributed by atoms with van der Waals surface area (Å²) in [6.07, 6.45) is 3.29. The number of alkyl halides is 1. The number of esters is 1. The smallest absolute Gasteiger partial charge is 0.313 e. The number of ether oxygens (including phenoxy) is 2. The first kappa shape index (κ1) is 38.3. The maximum atomic E-state index is 15.1. The van der Waals surface area contributed by atoms with Gasteiger partial charge >= 0.3 is 5.97 Å². The number of carbonyl (C=O) groups excluding carboxylic acids is 4. The quantitative estimate of drug-likeness (QED) is 0.118. The van der Waals surface area contributed by atoms with E-state index < -0.39 is 59.5 Å². The number of fused-ring (bicyclic) bond motifs is 2.